The highest BCUT2D eigenvalue weighted by Gasteiger charge is 2.13. The van der Waals surface area contributed by atoms with Crippen molar-refractivity contribution < 1.29 is 0 Å². The van der Waals surface area contributed by atoms with Crippen molar-refractivity contribution in [2.24, 2.45) is 7.05 Å². The molecule has 0 radical (unpaired) electrons. The zero-order valence-electron chi connectivity index (χ0n) is 9.27. The van der Waals surface area contributed by atoms with Gasteiger partial charge < -0.3 is 5.32 Å². The first-order valence-corrected chi connectivity index (χ1v) is 5.56. The van der Waals surface area contributed by atoms with Crippen LogP contribution in [-0.4, -0.2) is 14.8 Å². The minimum atomic E-state index is 0.565. The molecule has 0 saturated carbocycles. The normalized spacial score (nSPS) is 10.1. The van der Waals surface area contributed by atoms with Crippen LogP contribution in [0.3, 0.4) is 0 Å². The molecule has 5 nitrogen and oxygen atoms in total. The van der Waals surface area contributed by atoms with Crippen LogP contribution in [0.5, 0.6) is 0 Å². The summed E-state index contributed by atoms with van der Waals surface area (Å²) in [6.45, 7) is 3.80. The van der Waals surface area contributed by atoms with E-state index in [0.29, 0.717) is 11.4 Å². The van der Waals surface area contributed by atoms with E-state index in [4.69, 9.17) is 5.26 Å². The topological polar surface area (TPSA) is 66.5 Å². The van der Waals surface area contributed by atoms with Crippen molar-refractivity contribution in [1.29, 1.82) is 5.26 Å². The number of hydrogen-bond acceptors (Lipinski definition) is 5. The summed E-state index contributed by atoms with van der Waals surface area (Å²) in [5.74, 6) is 0.689. The number of aromatic nitrogens is 3. The lowest BCUT2D eigenvalue weighted by Gasteiger charge is -2.02. The number of nitriles is 1. The highest BCUT2D eigenvalue weighted by atomic mass is 32.1. The maximum atomic E-state index is 9.04. The van der Waals surface area contributed by atoms with Crippen LogP contribution in [0.15, 0.2) is 6.20 Å². The lowest BCUT2D eigenvalue weighted by atomic mass is 10.3. The van der Waals surface area contributed by atoms with Gasteiger partial charge in [0.05, 0.1) is 5.69 Å². The lowest BCUT2D eigenvalue weighted by molar-refractivity contribution is 0.765. The van der Waals surface area contributed by atoms with Crippen molar-refractivity contribution in [2.75, 3.05) is 5.32 Å². The molecule has 0 amide bonds. The lowest BCUT2D eigenvalue weighted by Crippen LogP contribution is -1.99. The van der Waals surface area contributed by atoms with Crippen molar-refractivity contribution in [3.63, 3.8) is 0 Å². The molecule has 1 N–H and O–H groups in total. The number of thiazole rings is 1. The van der Waals surface area contributed by atoms with Gasteiger partial charge in [-0.3, -0.25) is 4.68 Å². The second-order valence-corrected chi connectivity index (χ2v) is 4.68. The van der Waals surface area contributed by atoms with Crippen LogP contribution < -0.4 is 5.32 Å². The average molecular weight is 233 g/mol. The molecule has 2 aromatic heterocycles. The molecule has 0 unspecified atom stereocenters. The van der Waals surface area contributed by atoms with Crippen molar-refractivity contribution in [2.45, 2.75) is 13.8 Å². The molecule has 6 heteroatoms. The van der Waals surface area contributed by atoms with Crippen LogP contribution in [-0.2, 0) is 7.05 Å². The Morgan fingerprint density at radius 2 is 2.25 bits per heavy atom. The second-order valence-electron chi connectivity index (χ2n) is 3.45. The summed E-state index contributed by atoms with van der Waals surface area (Å²) >= 11 is 1.55. The SMILES string of the molecule is Cc1cnc(Nc2c(C#N)c(C)nn2C)s1. The molecule has 0 saturated heterocycles. The Hall–Kier alpha value is -1.87. The summed E-state index contributed by atoms with van der Waals surface area (Å²) in [6.07, 6.45) is 1.79. The Bertz CT molecular complexity index is 560. The Balaban J connectivity index is 2.38. The minimum Gasteiger partial charge on any atom is -0.315 e. The van der Waals surface area contributed by atoms with Gasteiger partial charge in [0.15, 0.2) is 5.13 Å². The van der Waals surface area contributed by atoms with Crippen molar-refractivity contribution >= 4 is 22.3 Å². The van der Waals surface area contributed by atoms with E-state index in [1.54, 1.807) is 29.3 Å². The van der Waals surface area contributed by atoms with E-state index in [1.165, 1.54) is 0 Å². The van der Waals surface area contributed by atoms with Crippen LogP contribution in [0.25, 0.3) is 0 Å². The molecule has 16 heavy (non-hydrogen) atoms. The molecule has 2 heterocycles. The molecule has 2 aromatic rings. The molecule has 0 aliphatic heterocycles. The van der Waals surface area contributed by atoms with Gasteiger partial charge in [0.25, 0.3) is 0 Å². The molecule has 0 spiro atoms. The maximum absolute atomic E-state index is 9.04. The van der Waals surface area contributed by atoms with Crippen molar-refractivity contribution in [3.05, 3.63) is 22.3 Å². The number of anilines is 2. The molecule has 2 rings (SSSR count). The molecule has 0 aliphatic carbocycles. The van der Waals surface area contributed by atoms with Crippen LogP contribution in [0.2, 0.25) is 0 Å². The smallest absolute Gasteiger partial charge is 0.188 e. The summed E-state index contributed by atoms with van der Waals surface area (Å²) in [6, 6.07) is 2.14. The van der Waals surface area contributed by atoms with Crippen LogP contribution in [0.1, 0.15) is 16.1 Å². The third-order valence-corrected chi connectivity index (χ3v) is 3.01. The summed E-state index contributed by atoms with van der Waals surface area (Å²) in [4.78, 5) is 5.32. The predicted octanol–water partition coefficient (Wildman–Crippen LogP) is 2.11. The van der Waals surface area contributed by atoms with Gasteiger partial charge in [-0.1, -0.05) is 0 Å². The summed E-state index contributed by atoms with van der Waals surface area (Å²) in [7, 11) is 1.80. The molecule has 0 aromatic carbocycles. The van der Waals surface area contributed by atoms with Crippen molar-refractivity contribution in [3.8, 4) is 6.07 Å². The van der Waals surface area contributed by atoms with E-state index in [9.17, 15) is 0 Å². The molecular weight excluding hydrogens is 222 g/mol. The first-order valence-electron chi connectivity index (χ1n) is 4.75. The summed E-state index contributed by atoms with van der Waals surface area (Å²) in [5.41, 5.74) is 1.29. The Kier molecular flexibility index (Phi) is 2.62. The van der Waals surface area contributed by atoms with E-state index in [-0.39, 0.29) is 0 Å². The van der Waals surface area contributed by atoms with Gasteiger partial charge in [-0.05, 0) is 13.8 Å². The van der Waals surface area contributed by atoms with E-state index in [0.717, 1.165) is 15.7 Å². The first kappa shape index (κ1) is 10.6. The molecular formula is C10H11N5S. The quantitative estimate of drug-likeness (QED) is 0.862. The molecule has 0 fully saturated rings. The zero-order chi connectivity index (χ0) is 11.7. The Morgan fingerprint density at radius 1 is 1.50 bits per heavy atom. The average Bonchev–Trinajstić information content (AvgIpc) is 2.73. The standard InChI is InChI=1S/C10H11N5S/c1-6-5-12-10(16-6)13-9-8(4-11)7(2)14-15(9)3/h5H,1-3H3,(H,12,13). The van der Waals surface area contributed by atoms with Crippen molar-refractivity contribution in [1.82, 2.24) is 14.8 Å². The monoisotopic (exact) mass is 233 g/mol. The van der Waals surface area contributed by atoms with Gasteiger partial charge in [-0.25, -0.2) is 4.98 Å². The van der Waals surface area contributed by atoms with Gasteiger partial charge in [0, 0.05) is 18.1 Å². The van der Waals surface area contributed by atoms with Gasteiger partial charge in [-0.2, -0.15) is 10.4 Å². The highest BCUT2D eigenvalue weighted by molar-refractivity contribution is 7.15. The van der Waals surface area contributed by atoms with Gasteiger partial charge >= 0.3 is 0 Å². The zero-order valence-corrected chi connectivity index (χ0v) is 10.1. The fourth-order valence-electron chi connectivity index (χ4n) is 1.45. The number of nitrogens with zero attached hydrogens (tertiary/aromatic N) is 4. The first-order chi connectivity index (χ1) is 7.61. The number of hydrogen-bond donors (Lipinski definition) is 1. The van der Waals surface area contributed by atoms with E-state index in [1.807, 2.05) is 13.8 Å². The third kappa shape index (κ3) is 1.77. The molecule has 0 bridgehead atoms. The number of aryl methyl sites for hydroxylation is 3. The van der Waals surface area contributed by atoms with E-state index >= 15 is 0 Å². The van der Waals surface area contributed by atoms with E-state index < -0.39 is 0 Å². The molecule has 0 atom stereocenters. The van der Waals surface area contributed by atoms with Gasteiger partial charge in [0.1, 0.15) is 17.5 Å². The Morgan fingerprint density at radius 3 is 2.81 bits per heavy atom. The van der Waals surface area contributed by atoms with E-state index in [2.05, 4.69) is 21.5 Å². The number of nitrogens with one attached hydrogen (secondary N) is 1. The molecule has 0 aliphatic rings. The maximum Gasteiger partial charge on any atom is 0.188 e. The van der Waals surface area contributed by atoms with Crippen LogP contribution in [0.4, 0.5) is 10.9 Å². The van der Waals surface area contributed by atoms with Crippen LogP contribution >= 0.6 is 11.3 Å². The van der Waals surface area contributed by atoms with Gasteiger partial charge in [0.2, 0.25) is 0 Å². The van der Waals surface area contributed by atoms with Gasteiger partial charge in [-0.15, -0.1) is 11.3 Å². The fourth-order valence-corrected chi connectivity index (χ4v) is 2.11. The predicted molar refractivity (Wildman–Crippen MR) is 62.8 cm³/mol. The highest BCUT2D eigenvalue weighted by Crippen LogP contribution is 2.25. The minimum absolute atomic E-state index is 0.565. The number of rotatable bonds is 2. The summed E-state index contributed by atoms with van der Waals surface area (Å²) in [5, 5.41) is 17.1. The molecule has 82 valence electrons. The summed E-state index contributed by atoms with van der Waals surface area (Å²) < 4.78 is 1.66. The second kappa shape index (κ2) is 3.94. The fraction of sp³-hybridized carbons (Fsp3) is 0.300. The van der Waals surface area contributed by atoms with Crippen LogP contribution in [0, 0.1) is 25.2 Å². The third-order valence-electron chi connectivity index (χ3n) is 2.18. The Labute approximate surface area is 97.4 Å². The largest absolute Gasteiger partial charge is 0.315 e.